The van der Waals surface area contributed by atoms with E-state index in [2.05, 4.69) is 41.5 Å². The van der Waals surface area contributed by atoms with Crippen LogP contribution in [0.25, 0.3) is 0 Å². The van der Waals surface area contributed by atoms with E-state index >= 15 is 0 Å². The largest absolute Gasteiger partial charge is 0.326 e. The monoisotopic (exact) mass is 199 g/mol. The Morgan fingerprint density at radius 1 is 1.14 bits per heavy atom. The zero-order valence-electron chi connectivity index (χ0n) is 11.0. The highest BCUT2D eigenvalue weighted by molar-refractivity contribution is 4.75. The molecular formula is C13H29N. The second-order valence-electron chi connectivity index (χ2n) is 6.35. The third-order valence-electron chi connectivity index (χ3n) is 3.14. The number of rotatable bonds is 6. The molecule has 1 heteroatoms. The molecule has 0 aromatic carbocycles. The van der Waals surface area contributed by atoms with Gasteiger partial charge in [-0.05, 0) is 44.4 Å². The smallest absolute Gasteiger partial charge is 0.00971 e. The quantitative estimate of drug-likeness (QED) is 0.688. The summed E-state index contributed by atoms with van der Waals surface area (Å²) in [6, 6.07) is 0. The minimum absolute atomic E-state index is 0.00458. The number of hydrogen-bond acceptors (Lipinski definition) is 1. The van der Waals surface area contributed by atoms with Crippen LogP contribution in [0.4, 0.5) is 0 Å². The van der Waals surface area contributed by atoms with Gasteiger partial charge in [0.15, 0.2) is 0 Å². The predicted octanol–water partition coefficient (Wildman–Crippen LogP) is 3.97. The average Bonchev–Trinajstić information content (AvgIpc) is 1.99. The molecule has 0 rings (SSSR count). The minimum Gasteiger partial charge on any atom is -0.326 e. The van der Waals surface area contributed by atoms with Crippen molar-refractivity contribution in [2.45, 2.75) is 72.8 Å². The Morgan fingerprint density at radius 2 is 1.64 bits per heavy atom. The molecule has 0 aliphatic heterocycles. The maximum absolute atomic E-state index is 5.98. The molecule has 0 saturated carbocycles. The fourth-order valence-electron chi connectivity index (χ4n) is 1.81. The van der Waals surface area contributed by atoms with Gasteiger partial charge in [-0.3, -0.25) is 0 Å². The molecule has 86 valence electrons. The van der Waals surface area contributed by atoms with Crippen molar-refractivity contribution >= 4 is 0 Å². The summed E-state index contributed by atoms with van der Waals surface area (Å²) in [5.41, 5.74) is 6.48. The van der Waals surface area contributed by atoms with Crippen molar-refractivity contribution in [2.75, 3.05) is 0 Å². The lowest BCUT2D eigenvalue weighted by Crippen LogP contribution is -2.32. The van der Waals surface area contributed by atoms with Crippen LogP contribution in [0.2, 0.25) is 0 Å². The van der Waals surface area contributed by atoms with Crippen molar-refractivity contribution in [3.05, 3.63) is 0 Å². The Hall–Kier alpha value is -0.0400. The summed E-state index contributed by atoms with van der Waals surface area (Å²) in [6.45, 7) is 13.6. The normalized spacial score (nSPS) is 15.6. The van der Waals surface area contributed by atoms with E-state index in [0.717, 1.165) is 12.3 Å². The fourth-order valence-corrected chi connectivity index (χ4v) is 1.81. The van der Waals surface area contributed by atoms with Crippen LogP contribution >= 0.6 is 0 Å². The molecule has 2 N–H and O–H groups in total. The molecule has 0 fully saturated rings. The Morgan fingerprint density at radius 3 is 2.00 bits per heavy atom. The van der Waals surface area contributed by atoms with E-state index in [-0.39, 0.29) is 5.54 Å². The molecule has 0 aliphatic carbocycles. The molecule has 1 atom stereocenters. The molecule has 0 aliphatic rings. The second-order valence-corrected chi connectivity index (χ2v) is 6.35. The van der Waals surface area contributed by atoms with Crippen LogP contribution < -0.4 is 5.73 Å². The van der Waals surface area contributed by atoms with E-state index in [4.69, 9.17) is 5.73 Å². The first-order valence-corrected chi connectivity index (χ1v) is 5.95. The molecule has 0 aromatic heterocycles. The van der Waals surface area contributed by atoms with Crippen molar-refractivity contribution in [1.29, 1.82) is 0 Å². The molecule has 0 saturated heterocycles. The summed E-state index contributed by atoms with van der Waals surface area (Å²) in [7, 11) is 0. The zero-order chi connectivity index (χ0) is 11.4. The molecule has 1 unspecified atom stereocenters. The maximum Gasteiger partial charge on any atom is 0.00971 e. The second kappa shape index (κ2) is 5.16. The van der Waals surface area contributed by atoms with Crippen LogP contribution in [0.5, 0.6) is 0 Å². The summed E-state index contributed by atoms with van der Waals surface area (Å²) < 4.78 is 0. The first kappa shape index (κ1) is 14.0. The lowest BCUT2D eigenvalue weighted by Gasteiger charge is -2.28. The highest BCUT2D eigenvalue weighted by atomic mass is 14.7. The first-order chi connectivity index (χ1) is 6.16. The van der Waals surface area contributed by atoms with Crippen molar-refractivity contribution < 1.29 is 0 Å². The predicted molar refractivity (Wildman–Crippen MR) is 65.4 cm³/mol. The van der Waals surface area contributed by atoms with Crippen LogP contribution in [0.3, 0.4) is 0 Å². The molecule has 0 amide bonds. The molecule has 0 bridgehead atoms. The molecule has 14 heavy (non-hydrogen) atoms. The Bertz CT molecular complexity index is 153. The summed E-state index contributed by atoms with van der Waals surface area (Å²) in [5, 5.41) is 0. The minimum atomic E-state index is 0.00458. The molecular weight excluding hydrogens is 170 g/mol. The summed E-state index contributed by atoms with van der Waals surface area (Å²) >= 11 is 0. The third-order valence-corrected chi connectivity index (χ3v) is 3.14. The third kappa shape index (κ3) is 7.37. The van der Waals surface area contributed by atoms with Gasteiger partial charge in [0, 0.05) is 5.54 Å². The molecule has 0 heterocycles. The van der Waals surface area contributed by atoms with Crippen molar-refractivity contribution in [1.82, 2.24) is 0 Å². The van der Waals surface area contributed by atoms with E-state index < -0.39 is 0 Å². The number of nitrogens with two attached hydrogens (primary N) is 1. The fraction of sp³-hybridized carbons (Fsp3) is 1.00. The van der Waals surface area contributed by atoms with Crippen LogP contribution in [-0.2, 0) is 0 Å². The van der Waals surface area contributed by atoms with Crippen LogP contribution in [-0.4, -0.2) is 5.54 Å². The summed E-state index contributed by atoms with van der Waals surface area (Å²) in [5.74, 6) is 0.799. The molecule has 1 nitrogen and oxygen atoms in total. The van der Waals surface area contributed by atoms with E-state index in [9.17, 15) is 0 Å². The van der Waals surface area contributed by atoms with Crippen molar-refractivity contribution in [2.24, 2.45) is 17.1 Å². The maximum atomic E-state index is 5.98. The van der Waals surface area contributed by atoms with Crippen molar-refractivity contribution in [3.8, 4) is 0 Å². The SMILES string of the molecule is CCC(C)(C)CC(C)CCC(C)(C)N. The van der Waals surface area contributed by atoms with E-state index in [0.29, 0.717) is 5.41 Å². The first-order valence-electron chi connectivity index (χ1n) is 5.95. The van der Waals surface area contributed by atoms with Gasteiger partial charge >= 0.3 is 0 Å². The topological polar surface area (TPSA) is 26.0 Å². The van der Waals surface area contributed by atoms with Gasteiger partial charge < -0.3 is 5.73 Å². The van der Waals surface area contributed by atoms with Gasteiger partial charge in [-0.1, -0.05) is 34.1 Å². The van der Waals surface area contributed by atoms with E-state index in [1.165, 1.54) is 19.3 Å². The van der Waals surface area contributed by atoms with E-state index in [1.807, 2.05) is 0 Å². The van der Waals surface area contributed by atoms with Crippen LogP contribution in [0.1, 0.15) is 67.2 Å². The van der Waals surface area contributed by atoms with Gasteiger partial charge in [-0.2, -0.15) is 0 Å². The molecule has 0 radical (unpaired) electrons. The lowest BCUT2D eigenvalue weighted by atomic mass is 9.79. The number of hydrogen-bond donors (Lipinski definition) is 1. The van der Waals surface area contributed by atoms with Gasteiger partial charge in [0.25, 0.3) is 0 Å². The van der Waals surface area contributed by atoms with E-state index in [1.54, 1.807) is 0 Å². The van der Waals surface area contributed by atoms with Gasteiger partial charge in [0.2, 0.25) is 0 Å². The highest BCUT2D eigenvalue weighted by Crippen LogP contribution is 2.31. The standard InChI is InChI=1S/C13H29N/c1-7-12(3,4)10-11(2)8-9-13(5,6)14/h11H,7-10,14H2,1-6H3. The van der Waals surface area contributed by atoms with Gasteiger partial charge in [0.1, 0.15) is 0 Å². The lowest BCUT2D eigenvalue weighted by molar-refractivity contribution is 0.247. The average molecular weight is 199 g/mol. The van der Waals surface area contributed by atoms with Crippen LogP contribution in [0.15, 0.2) is 0 Å². The van der Waals surface area contributed by atoms with Crippen LogP contribution in [0, 0.1) is 11.3 Å². The van der Waals surface area contributed by atoms with Crippen molar-refractivity contribution in [3.63, 3.8) is 0 Å². The Kier molecular flexibility index (Phi) is 5.14. The summed E-state index contributed by atoms with van der Waals surface area (Å²) in [6.07, 6.45) is 4.98. The zero-order valence-corrected chi connectivity index (χ0v) is 11.0. The molecule has 0 aromatic rings. The van der Waals surface area contributed by atoms with Gasteiger partial charge in [-0.15, -0.1) is 0 Å². The molecule has 0 spiro atoms. The Balaban J connectivity index is 3.82. The summed E-state index contributed by atoms with van der Waals surface area (Å²) in [4.78, 5) is 0. The van der Waals surface area contributed by atoms with Gasteiger partial charge in [-0.25, -0.2) is 0 Å². The van der Waals surface area contributed by atoms with Gasteiger partial charge in [0.05, 0.1) is 0 Å². The highest BCUT2D eigenvalue weighted by Gasteiger charge is 2.20. The Labute approximate surface area is 90.5 Å².